The van der Waals surface area contributed by atoms with E-state index in [-0.39, 0.29) is 5.41 Å². The van der Waals surface area contributed by atoms with Crippen LogP contribution >= 0.6 is 27.5 Å². The minimum absolute atomic E-state index is 0.214. The first-order valence-corrected chi connectivity index (χ1v) is 8.29. The van der Waals surface area contributed by atoms with Gasteiger partial charge in [0.05, 0.1) is 6.61 Å². The van der Waals surface area contributed by atoms with Crippen LogP contribution in [0.15, 0.2) is 36.4 Å². The normalized spacial score (nSPS) is 13.4. The lowest BCUT2D eigenvalue weighted by molar-refractivity contribution is 0.167. The van der Waals surface area contributed by atoms with E-state index in [9.17, 15) is 0 Å². The first-order chi connectivity index (χ1) is 9.43. The maximum atomic E-state index is 6.23. The molecule has 0 radical (unpaired) electrons. The number of hydrogen-bond donors (Lipinski definition) is 0. The van der Waals surface area contributed by atoms with Crippen LogP contribution in [-0.4, -0.2) is 11.9 Å². The fourth-order valence-electron chi connectivity index (χ4n) is 2.08. The van der Waals surface area contributed by atoms with Gasteiger partial charge < -0.3 is 4.74 Å². The third-order valence-electron chi connectivity index (χ3n) is 3.68. The highest BCUT2D eigenvalue weighted by molar-refractivity contribution is 9.09. The Balaban J connectivity index is 2.25. The number of rotatable bonds is 4. The largest absolute Gasteiger partial charge is 0.493 e. The van der Waals surface area contributed by atoms with E-state index in [0.29, 0.717) is 12.5 Å². The SMILES string of the molecule is CC(C)(C)C(CBr)COc1ccc(Cl)c2ccccc12. The van der Waals surface area contributed by atoms with E-state index in [2.05, 4.69) is 42.8 Å². The Morgan fingerprint density at radius 3 is 2.35 bits per heavy atom. The Labute approximate surface area is 134 Å². The quantitative estimate of drug-likeness (QED) is 0.618. The van der Waals surface area contributed by atoms with Gasteiger partial charge in [-0.25, -0.2) is 0 Å². The highest BCUT2D eigenvalue weighted by Crippen LogP contribution is 2.33. The van der Waals surface area contributed by atoms with Crippen molar-refractivity contribution in [3.8, 4) is 5.75 Å². The Hall–Kier alpha value is -0.730. The molecule has 0 aliphatic rings. The first-order valence-electron chi connectivity index (χ1n) is 6.79. The molecule has 0 aliphatic carbocycles. The smallest absolute Gasteiger partial charge is 0.127 e. The predicted molar refractivity (Wildman–Crippen MR) is 91.2 cm³/mol. The van der Waals surface area contributed by atoms with Crippen LogP contribution in [-0.2, 0) is 0 Å². The lowest BCUT2D eigenvalue weighted by Crippen LogP contribution is -2.27. The van der Waals surface area contributed by atoms with Crippen LogP contribution in [0, 0.1) is 11.3 Å². The van der Waals surface area contributed by atoms with Crippen LogP contribution in [0.4, 0.5) is 0 Å². The molecule has 2 aromatic carbocycles. The predicted octanol–water partition coefficient (Wildman–Crippen LogP) is 5.93. The molecule has 0 saturated carbocycles. The molecule has 1 nitrogen and oxygen atoms in total. The molecule has 2 rings (SSSR count). The van der Waals surface area contributed by atoms with Crippen molar-refractivity contribution in [1.82, 2.24) is 0 Å². The average molecular weight is 356 g/mol. The number of ether oxygens (including phenoxy) is 1. The monoisotopic (exact) mass is 354 g/mol. The molecule has 0 amide bonds. The van der Waals surface area contributed by atoms with Gasteiger partial charge in [-0.05, 0) is 17.5 Å². The summed E-state index contributed by atoms with van der Waals surface area (Å²) in [5.74, 6) is 1.36. The zero-order valence-electron chi connectivity index (χ0n) is 12.1. The van der Waals surface area contributed by atoms with Crippen molar-refractivity contribution < 1.29 is 4.74 Å². The van der Waals surface area contributed by atoms with Crippen LogP contribution in [0.3, 0.4) is 0 Å². The second kappa shape index (κ2) is 6.36. The summed E-state index contributed by atoms with van der Waals surface area (Å²) in [5.41, 5.74) is 0.214. The van der Waals surface area contributed by atoms with Crippen LogP contribution in [0.25, 0.3) is 10.8 Å². The third-order valence-corrected chi connectivity index (χ3v) is 4.79. The van der Waals surface area contributed by atoms with Gasteiger partial charge in [0.15, 0.2) is 0 Å². The summed E-state index contributed by atoms with van der Waals surface area (Å²) in [7, 11) is 0. The van der Waals surface area contributed by atoms with E-state index >= 15 is 0 Å². The van der Waals surface area contributed by atoms with Crippen LogP contribution in [0.5, 0.6) is 5.75 Å². The van der Waals surface area contributed by atoms with Crippen LogP contribution in [0.2, 0.25) is 5.02 Å². The van der Waals surface area contributed by atoms with E-state index < -0.39 is 0 Å². The van der Waals surface area contributed by atoms with Gasteiger partial charge in [0.1, 0.15) is 5.75 Å². The van der Waals surface area contributed by atoms with E-state index in [1.54, 1.807) is 0 Å². The van der Waals surface area contributed by atoms with Crippen molar-refractivity contribution in [1.29, 1.82) is 0 Å². The Kier molecular flexibility index (Phi) is 4.98. The van der Waals surface area contributed by atoms with Gasteiger partial charge in [-0.3, -0.25) is 0 Å². The van der Waals surface area contributed by atoms with Gasteiger partial charge in [-0.15, -0.1) is 0 Å². The second-order valence-electron chi connectivity index (χ2n) is 6.12. The molecule has 0 aliphatic heterocycles. The molecule has 1 unspecified atom stereocenters. The summed E-state index contributed by atoms with van der Waals surface area (Å²) in [6, 6.07) is 11.9. The van der Waals surface area contributed by atoms with Gasteiger partial charge in [-0.2, -0.15) is 0 Å². The number of alkyl halides is 1. The molecule has 3 heteroatoms. The number of halogens is 2. The molecule has 2 aromatic rings. The van der Waals surface area contributed by atoms with Gasteiger partial charge in [0.25, 0.3) is 0 Å². The van der Waals surface area contributed by atoms with Crippen molar-refractivity contribution in [3.63, 3.8) is 0 Å². The average Bonchev–Trinajstić information content (AvgIpc) is 2.40. The molecular weight excluding hydrogens is 336 g/mol. The maximum Gasteiger partial charge on any atom is 0.127 e. The second-order valence-corrected chi connectivity index (χ2v) is 7.17. The molecule has 108 valence electrons. The molecule has 0 bridgehead atoms. The Bertz CT molecular complexity index is 589. The Morgan fingerprint density at radius 2 is 1.75 bits per heavy atom. The summed E-state index contributed by atoms with van der Waals surface area (Å²) in [6.07, 6.45) is 0. The lowest BCUT2D eigenvalue weighted by atomic mass is 9.83. The first kappa shape index (κ1) is 15.7. The van der Waals surface area contributed by atoms with Gasteiger partial charge in [-0.1, -0.05) is 72.6 Å². The van der Waals surface area contributed by atoms with Crippen molar-refractivity contribution in [2.45, 2.75) is 20.8 Å². The molecule has 0 aromatic heterocycles. The molecule has 0 fully saturated rings. The van der Waals surface area contributed by atoms with Gasteiger partial charge in [0, 0.05) is 27.0 Å². The summed E-state index contributed by atoms with van der Waals surface area (Å²) < 4.78 is 6.07. The third kappa shape index (κ3) is 3.48. The lowest BCUT2D eigenvalue weighted by Gasteiger charge is -2.29. The van der Waals surface area contributed by atoms with Crippen LogP contribution < -0.4 is 4.74 Å². The zero-order chi connectivity index (χ0) is 14.8. The van der Waals surface area contributed by atoms with Crippen molar-refractivity contribution in [3.05, 3.63) is 41.4 Å². The molecule has 0 spiro atoms. The molecule has 0 saturated heterocycles. The molecule has 1 atom stereocenters. The van der Waals surface area contributed by atoms with E-state index in [4.69, 9.17) is 16.3 Å². The highest BCUT2D eigenvalue weighted by atomic mass is 79.9. The van der Waals surface area contributed by atoms with Gasteiger partial charge in [0.2, 0.25) is 0 Å². The van der Waals surface area contributed by atoms with Gasteiger partial charge >= 0.3 is 0 Å². The minimum Gasteiger partial charge on any atom is -0.493 e. The number of benzene rings is 2. The zero-order valence-corrected chi connectivity index (χ0v) is 14.5. The summed E-state index contributed by atoms with van der Waals surface area (Å²) in [4.78, 5) is 0. The summed E-state index contributed by atoms with van der Waals surface area (Å²) in [5, 5.41) is 3.81. The fraction of sp³-hybridized carbons (Fsp3) is 0.412. The fourth-order valence-corrected chi connectivity index (χ4v) is 3.46. The highest BCUT2D eigenvalue weighted by Gasteiger charge is 2.24. The summed E-state index contributed by atoms with van der Waals surface area (Å²) in [6.45, 7) is 7.41. The van der Waals surface area contributed by atoms with Crippen molar-refractivity contribution >= 4 is 38.3 Å². The molecular formula is C17H20BrClO. The van der Waals surface area contributed by atoms with E-state index in [1.165, 1.54) is 0 Å². The molecule has 20 heavy (non-hydrogen) atoms. The van der Waals surface area contributed by atoms with E-state index in [0.717, 1.165) is 26.9 Å². The number of hydrogen-bond acceptors (Lipinski definition) is 1. The Morgan fingerprint density at radius 1 is 1.10 bits per heavy atom. The standard InChI is InChI=1S/C17H20BrClO/c1-17(2,3)12(10-18)11-20-16-9-8-15(19)13-6-4-5-7-14(13)16/h4-9,12H,10-11H2,1-3H3. The molecule has 0 heterocycles. The topological polar surface area (TPSA) is 9.23 Å². The molecule has 0 N–H and O–H groups in total. The number of fused-ring (bicyclic) bond motifs is 1. The minimum atomic E-state index is 0.214. The summed E-state index contributed by atoms with van der Waals surface area (Å²) >= 11 is 9.81. The van der Waals surface area contributed by atoms with Crippen molar-refractivity contribution in [2.75, 3.05) is 11.9 Å². The van der Waals surface area contributed by atoms with E-state index in [1.807, 2.05) is 30.3 Å². The maximum absolute atomic E-state index is 6.23. The van der Waals surface area contributed by atoms with Crippen LogP contribution in [0.1, 0.15) is 20.8 Å². The van der Waals surface area contributed by atoms with Crippen molar-refractivity contribution in [2.24, 2.45) is 11.3 Å².